The molecule has 0 radical (unpaired) electrons. The van der Waals surface area contributed by atoms with Crippen LogP contribution in [0.5, 0.6) is 5.75 Å². The molecule has 0 atom stereocenters. The number of nitrogens with one attached hydrogen (secondary N) is 1. The van der Waals surface area contributed by atoms with Gasteiger partial charge in [-0.15, -0.1) is 11.3 Å². The first-order valence-corrected chi connectivity index (χ1v) is 13.3. The highest BCUT2D eigenvalue weighted by Gasteiger charge is 2.24. The summed E-state index contributed by atoms with van der Waals surface area (Å²) in [5.74, 6) is -0.159. The van der Waals surface area contributed by atoms with Crippen LogP contribution in [0.3, 0.4) is 0 Å². The van der Waals surface area contributed by atoms with E-state index in [0.717, 1.165) is 32.1 Å². The molecule has 1 amide bonds. The lowest BCUT2D eigenvalue weighted by Gasteiger charge is -2.01. The molecule has 0 saturated carbocycles. The Kier molecular flexibility index (Phi) is 7.06. The van der Waals surface area contributed by atoms with Crippen molar-refractivity contribution in [3.63, 3.8) is 0 Å². The van der Waals surface area contributed by atoms with Gasteiger partial charge in [0.15, 0.2) is 14.6 Å². The van der Waals surface area contributed by atoms with Gasteiger partial charge in [0.2, 0.25) is 0 Å². The number of aliphatic imine (C=N–C) groups is 1. The van der Waals surface area contributed by atoms with Crippen molar-refractivity contribution in [2.45, 2.75) is 16.4 Å². The zero-order valence-corrected chi connectivity index (χ0v) is 21.7. The van der Waals surface area contributed by atoms with Crippen molar-refractivity contribution in [2.75, 3.05) is 6.61 Å². The van der Waals surface area contributed by atoms with Gasteiger partial charge in [-0.2, -0.15) is 0 Å². The zero-order valence-electron chi connectivity index (χ0n) is 18.5. The fourth-order valence-corrected chi connectivity index (χ4v) is 6.23. The number of halogens is 1. The number of furan rings is 1. The lowest BCUT2D eigenvalue weighted by atomic mass is 10.2. The second-order valence-electron chi connectivity index (χ2n) is 7.25. The number of aromatic nitrogens is 1. The van der Waals surface area contributed by atoms with Crippen molar-refractivity contribution in [1.82, 2.24) is 10.3 Å². The molecule has 36 heavy (non-hydrogen) atoms. The first-order valence-electron chi connectivity index (χ1n) is 10.5. The van der Waals surface area contributed by atoms with E-state index in [2.05, 4.69) is 15.3 Å². The quantitative estimate of drug-likeness (QED) is 0.242. The molecule has 1 aliphatic heterocycles. The van der Waals surface area contributed by atoms with Gasteiger partial charge in [0.1, 0.15) is 11.5 Å². The lowest BCUT2D eigenvalue weighted by molar-refractivity contribution is -0.115. The number of amidine groups is 1. The number of carboxylic acid groups (broad SMARTS) is 1. The van der Waals surface area contributed by atoms with Crippen LogP contribution in [0.1, 0.15) is 23.0 Å². The number of fused-ring (bicyclic) bond motifs is 1. The molecule has 182 valence electrons. The molecule has 5 rings (SSSR count). The number of aromatic carboxylic acids is 1. The third-order valence-electron chi connectivity index (χ3n) is 4.78. The minimum atomic E-state index is -1.15. The van der Waals surface area contributed by atoms with Crippen LogP contribution in [-0.4, -0.2) is 33.7 Å². The first-order chi connectivity index (χ1) is 17.4. The minimum Gasteiger partial charge on any atom is -0.494 e. The summed E-state index contributed by atoms with van der Waals surface area (Å²) in [7, 11) is 0. The van der Waals surface area contributed by atoms with Crippen molar-refractivity contribution in [1.29, 1.82) is 0 Å². The molecule has 2 aromatic carbocycles. The summed E-state index contributed by atoms with van der Waals surface area (Å²) in [6.45, 7) is 2.55. The van der Waals surface area contributed by atoms with E-state index in [1.165, 1.54) is 23.9 Å². The number of carbonyl (C=O) groups is 2. The van der Waals surface area contributed by atoms with Crippen molar-refractivity contribution >= 4 is 85.5 Å². The number of amides is 1. The Morgan fingerprint density at radius 2 is 2.14 bits per heavy atom. The number of ether oxygens (including phenoxy) is 1. The fraction of sp³-hybridized carbons (Fsp3) is 0.0833. The van der Waals surface area contributed by atoms with E-state index >= 15 is 0 Å². The van der Waals surface area contributed by atoms with E-state index in [9.17, 15) is 14.7 Å². The van der Waals surface area contributed by atoms with Crippen molar-refractivity contribution in [3.05, 3.63) is 69.8 Å². The van der Waals surface area contributed by atoms with Crippen LogP contribution in [-0.2, 0) is 4.79 Å². The number of rotatable bonds is 7. The zero-order chi connectivity index (χ0) is 25.2. The van der Waals surface area contributed by atoms with Crippen LogP contribution in [0.2, 0.25) is 5.02 Å². The smallest absolute Gasteiger partial charge is 0.337 e. The summed E-state index contributed by atoms with van der Waals surface area (Å²) in [4.78, 5) is 33.0. The van der Waals surface area contributed by atoms with Crippen molar-refractivity contribution in [2.24, 2.45) is 4.99 Å². The monoisotopic (exact) mass is 557 g/mol. The Balaban J connectivity index is 1.29. The molecule has 1 saturated heterocycles. The van der Waals surface area contributed by atoms with Gasteiger partial charge in [0.25, 0.3) is 5.91 Å². The Morgan fingerprint density at radius 1 is 1.28 bits per heavy atom. The first kappa shape index (κ1) is 24.4. The number of nitrogens with zero attached hydrogens (tertiary/aromatic N) is 2. The highest BCUT2D eigenvalue weighted by molar-refractivity contribution is 8.18. The van der Waals surface area contributed by atoms with Gasteiger partial charge in [-0.1, -0.05) is 11.6 Å². The molecule has 8 nitrogen and oxygen atoms in total. The fourth-order valence-electron chi connectivity index (χ4n) is 3.21. The molecular formula is C24H16ClN3O5S3. The maximum absolute atomic E-state index is 12.4. The van der Waals surface area contributed by atoms with Gasteiger partial charge in [-0.05, 0) is 79.0 Å². The molecule has 1 fully saturated rings. The van der Waals surface area contributed by atoms with E-state index in [-0.39, 0.29) is 16.5 Å². The molecule has 0 spiro atoms. The van der Waals surface area contributed by atoms with Gasteiger partial charge >= 0.3 is 5.97 Å². The normalized spacial score (nSPS) is 15.7. The Labute approximate surface area is 222 Å². The number of benzene rings is 2. The van der Waals surface area contributed by atoms with E-state index in [0.29, 0.717) is 33.2 Å². The second kappa shape index (κ2) is 10.4. The maximum atomic E-state index is 12.4. The topological polar surface area (TPSA) is 114 Å². The second-order valence-corrected chi connectivity index (χ2v) is 11.0. The number of hydrogen-bond acceptors (Lipinski definition) is 9. The molecule has 0 unspecified atom stereocenters. The summed E-state index contributed by atoms with van der Waals surface area (Å²) in [6, 6.07) is 13.8. The minimum absolute atomic E-state index is 0.0629. The third-order valence-corrected chi connectivity index (χ3v) is 8.02. The Hall–Kier alpha value is -3.25. The van der Waals surface area contributed by atoms with Crippen LogP contribution in [0.4, 0.5) is 5.69 Å². The number of hydrogen-bond donors (Lipinski definition) is 2. The third kappa shape index (κ3) is 5.44. The van der Waals surface area contributed by atoms with Crippen LogP contribution >= 0.6 is 46.5 Å². The molecule has 12 heteroatoms. The predicted octanol–water partition coefficient (Wildman–Crippen LogP) is 6.68. The summed E-state index contributed by atoms with van der Waals surface area (Å²) >= 11 is 9.98. The molecular weight excluding hydrogens is 542 g/mol. The highest BCUT2D eigenvalue weighted by Crippen LogP contribution is 2.37. The van der Waals surface area contributed by atoms with E-state index in [1.54, 1.807) is 29.5 Å². The SMILES string of the molecule is CCOc1ccc2nc(Sc3ccc(/C=C4\SC(=Nc5ccc(Cl)c(C(=O)O)c5)NC4=O)o3)sc2c1. The van der Waals surface area contributed by atoms with Crippen molar-refractivity contribution in [3.8, 4) is 5.75 Å². The summed E-state index contributed by atoms with van der Waals surface area (Å²) in [6.07, 6.45) is 1.63. The average molecular weight is 558 g/mol. The Bertz CT molecular complexity index is 1560. The van der Waals surface area contributed by atoms with Gasteiger partial charge in [-0.25, -0.2) is 14.8 Å². The summed E-state index contributed by atoms with van der Waals surface area (Å²) < 4.78 is 13.3. The molecule has 4 aromatic rings. The lowest BCUT2D eigenvalue weighted by Crippen LogP contribution is -2.19. The number of thioether (sulfide) groups is 1. The van der Waals surface area contributed by atoms with E-state index in [1.807, 2.05) is 31.2 Å². The van der Waals surface area contributed by atoms with Crippen molar-refractivity contribution < 1.29 is 23.8 Å². The molecule has 3 heterocycles. The number of thiazole rings is 1. The molecule has 2 aromatic heterocycles. The molecule has 0 bridgehead atoms. The Morgan fingerprint density at radius 3 is 2.94 bits per heavy atom. The number of carboxylic acids is 1. The standard InChI is InChI=1S/C24H16ClN3O5S3/c1-2-32-13-4-7-17-18(10-13)35-24(27-17)36-20-8-5-14(33-20)11-19-21(29)28-23(34-19)26-12-3-6-16(25)15(9-12)22(30)31/h3-11H,2H2,1H3,(H,30,31)(H,26,28,29)/b19-11-. The van der Waals surface area contributed by atoms with Gasteiger partial charge < -0.3 is 19.6 Å². The van der Waals surface area contributed by atoms with Gasteiger partial charge in [0.05, 0.1) is 38.0 Å². The predicted molar refractivity (Wildman–Crippen MR) is 143 cm³/mol. The summed E-state index contributed by atoms with van der Waals surface area (Å²) in [5, 5.41) is 13.0. The number of carbonyl (C=O) groups excluding carboxylic acids is 1. The largest absolute Gasteiger partial charge is 0.494 e. The van der Waals surface area contributed by atoms with E-state index < -0.39 is 5.97 Å². The van der Waals surface area contributed by atoms with Gasteiger partial charge in [0, 0.05) is 6.08 Å². The van der Waals surface area contributed by atoms with E-state index in [4.69, 9.17) is 20.8 Å². The molecule has 1 aliphatic rings. The van der Waals surface area contributed by atoms with Crippen LogP contribution in [0.15, 0.2) is 72.3 Å². The molecule has 2 N–H and O–H groups in total. The maximum Gasteiger partial charge on any atom is 0.337 e. The van der Waals surface area contributed by atoms with Gasteiger partial charge in [-0.3, -0.25) is 4.79 Å². The molecule has 0 aliphatic carbocycles. The average Bonchev–Trinajstić information content (AvgIpc) is 3.54. The van der Waals surface area contributed by atoms with Crippen LogP contribution in [0.25, 0.3) is 16.3 Å². The summed E-state index contributed by atoms with van der Waals surface area (Å²) in [5.41, 5.74) is 1.19. The van der Waals surface area contributed by atoms with Crippen LogP contribution < -0.4 is 10.1 Å². The highest BCUT2D eigenvalue weighted by atomic mass is 35.5. The van der Waals surface area contributed by atoms with Crippen LogP contribution in [0, 0.1) is 0 Å².